The molecule has 1 aromatic heterocycles. The van der Waals surface area contributed by atoms with Gasteiger partial charge in [-0.05, 0) is 30.9 Å². The molecule has 0 atom stereocenters. The largest absolute Gasteiger partial charge is 0.477 e. The molecule has 19 heavy (non-hydrogen) atoms. The summed E-state index contributed by atoms with van der Waals surface area (Å²) in [7, 11) is 1.81. The quantitative estimate of drug-likeness (QED) is 0.807. The van der Waals surface area contributed by atoms with E-state index in [0.29, 0.717) is 24.4 Å². The minimum atomic E-state index is 0.595. The summed E-state index contributed by atoms with van der Waals surface area (Å²) in [6.07, 6.45) is 2.22. The molecule has 0 spiro atoms. The average molecular weight is 259 g/mol. The minimum absolute atomic E-state index is 0.595. The van der Waals surface area contributed by atoms with Gasteiger partial charge in [-0.15, -0.1) is 0 Å². The predicted octanol–water partition coefficient (Wildman–Crippen LogP) is 3.49. The van der Waals surface area contributed by atoms with E-state index in [1.54, 1.807) is 0 Å². The highest BCUT2D eigenvalue weighted by Gasteiger charge is 2.07. The van der Waals surface area contributed by atoms with Gasteiger partial charge in [0.25, 0.3) is 0 Å². The van der Waals surface area contributed by atoms with E-state index in [1.165, 1.54) is 6.42 Å². The second kappa shape index (κ2) is 6.36. The standard InChI is InChI=1S/C15H21N3O/c1-11(2)7-6-10-19-14-12-8-4-5-9-13(12)17-15(16-3)18-14/h4-5,8-9,11H,6-7,10H2,1-3H3,(H,16,17,18). The van der Waals surface area contributed by atoms with Crippen molar-refractivity contribution in [2.24, 2.45) is 5.92 Å². The molecule has 1 heterocycles. The number of hydrogen-bond donors (Lipinski definition) is 1. The Morgan fingerprint density at radius 1 is 1.21 bits per heavy atom. The fourth-order valence-electron chi connectivity index (χ4n) is 1.93. The normalized spacial score (nSPS) is 10.9. The number of para-hydroxylation sites is 1. The van der Waals surface area contributed by atoms with Crippen molar-refractivity contribution in [2.75, 3.05) is 19.0 Å². The minimum Gasteiger partial charge on any atom is -0.477 e. The molecule has 0 amide bonds. The number of ether oxygens (including phenoxy) is 1. The second-order valence-electron chi connectivity index (χ2n) is 5.00. The van der Waals surface area contributed by atoms with Crippen LogP contribution in [0.2, 0.25) is 0 Å². The third kappa shape index (κ3) is 3.56. The number of nitrogens with zero attached hydrogens (tertiary/aromatic N) is 2. The first-order chi connectivity index (χ1) is 9.20. The lowest BCUT2D eigenvalue weighted by Gasteiger charge is -2.10. The van der Waals surface area contributed by atoms with Gasteiger partial charge in [0.1, 0.15) is 0 Å². The van der Waals surface area contributed by atoms with Crippen LogP contribution in [-0.2, 0) is 0 Å². The van der Waals surface area contributed by atoms with Crippen LogP contribution in [0.4, 0.5) is 5.95 Å². The predicted molar refractivity (Wildman–Crippen MR) is 78.7 cm³/mol. The summed E-state index contributed by atoms with van der Waals surface area (Å²) in [6, 6.07) is 7.91. The van der Waals surface area contributed by atoms with E-state index in [0.717, 1.165) is 17.3 Å². The molecule has 102 valence electrons. The van der Waals surface area contributed by atoms with E-state index >= 15 is 0 Å². The molecule has 0 fully saturated rings. The van der Waals surface area contributed by atoms with Crippen LogP contribution in [0.25, 0.3) is 10.9 Å². The van der Waals surface area contributed by atoms with Crippen molar-refractivity contribution in [3.8, 4) is 5.88 Å². The summed E-state index contributed by atoms with van der Waals surface area (Å²) in [6.45, 7) is 5.14. The van der Waals surface area contributed by atoms with Crippen LogP contribution in [0.3, 0.4) is 0 Å². The van der Waals surface area contributed by atoms with Crippen LogP contribution >= 0.6 is 0 Å². The van der Waals surface area contributed by atoms with Crippen LogP contribution in [0.15, 0.2) is 24.3 Å². The molecule has 0 aliphatic carbocycles. The summed E-state index contributed by atoms with van der Waals surface area (Å²) < 4.78 is 5.82. The molecule has 0 saturated carbocycles. The summed E-state index contributed by atoms with van der Waals surface area (Å²) in [4.78, 5) is 8.80. The molecular formula is C15H21N3O. The number of benzene rings is 1. The van der Waals surface area contributed by atoms with Gasteiger partial charge in [0.15, 0.2) is 0 Å². The van der Waals surface area contributed by atoms with Crippen LogP contribution in [0, 0.1) is 5.92 Å². The van der Waals surface area contributed by atoms with Crippen LogP contribution in [0.1, 0.15) is 26.7 Å². The van der Waals surface area contributed by atoms with Gasteiger partial charge in [-0.3, -0.25) is 0 Å². The topological polar surface area (TPSA) is 47.0 Å². The first-order valence-corrected chi connectivity index (χ1v) is 6.78. The van der Waals surface area contributed by atoms with Crippen LogP contribution < -0.4 is 10.1 Å². The smallest absolute Gasteiger partial charge is 0.226 e. The average Bonchev–Trinajstić information content (AvgIpc) is 2.42. The van der Waals surface area contributed by atoms with E-state index in [4.69, 9.17) is 4.74 Å². The molecule has 0 aliphatic rings. The monoisotopic (exact) mass is 259 g/mol. The molecule has 0 aliphatic heterocycles. The van der Waals surface area contributed by atoms with Crippen molar-refractivity contribution in [2.45, 2.75) is 26.7 Å². The van der Waals surface area contributed by atoms with Gasteiger partial charge in [-0.1, -0.05) is 26.0 Å². The number of fused-ring (bicyclic) bond motifs is 1. The number of anilines is 1. The lowest BCUT2D eigenvalue weighted by atomic mass is 10.1. The molecule has 2 aromatic rings. The number of aromatic nitrogens is 2. The van der Waals surface area contributed by atoms with Gasteiger partial charge in [0.05, 0.1) is 17.5 Å². The highest BCUT2D eigenvalue weighted by Crippen LogP contribution is 2.23. The molecular weight excluding hydrogens is 238 g/mol. The lowest BCUT2D eigenvalue weighted by molar-refractivity contribution is 0.291. The maximum Gasteiger partial charge on any atom is 0.226 e. The van der Waals surface area contributed by atoms with E-state index < -0.39 is 0 Å². The number of rotatable bonds is 6. The molecule has 0 radical (unpaired) electrons. The Labute approximate surface area is 114 Å². The van der Waals surface area contributed by atoms with Crippen LogP contribution in [0.5, 0.6) is 5.88 Å². The van der Waals surface area contributed by atoms with E-state index in [-0.39, 0.29) is 0 Å². The Balaban J connectivity index is 2.16. The van der Waals surface area contributed by atoms with Gasteiger partial charge in [0.2, 0.25) is 11.8 Å². The Morgan fingerprint density at radius 3 is 2.74 bits per heavy atom. The first kappa shape index (κ1) is 13.6. The highest BCUT2D eigenvalue weighted by atomic mass is 16.5. The molecule has 4 heteroatoms. The third-order valence-corrected chi connectivity index (χ3v) is 2.96. The highest BCUT2D eigenvalue weighted by molar-refractivity contribution is 5.84. The molecule has 1 aromatic carbocycles. The summed E-state index contributed by atoms with van der Waals surface area (Å²) in [5, 5.41) is 3.93. The Morgan fingerprint density at radius 2 is 2.00 bits per heavy atom. The zero-order valence-corrected chi connectivity index (χ0v) is 11.8. The van der Waals surface area contributed by atoms with Gasteiger partial charge in [-0.2, -0.15) is 4.98 Å². The fourth-order valence-corrected chi connectivity index (χ4v) is 1.93. The number of hydrogen-bond acceptors (Lipinski definition) is 4. The van der Waals surface area contributed by atoms with Crippen molar-refractivity contribution < 1.29 is 4.74 Å². The van der Waals surface area contributed by atoms with Crippen molar-refractivity contribution in [3.63, 3.8) is 0 Å². The molecule has 1 N–H and O–H groups in total. The summed E-state index contributed by atoms with van der Waals surface area (Å²) >= 11 is 0. The molecule has 0 saturated heterocycles. The Hall–Kier alpha value is -1.84. The molecule has 4 nitrogen and oxygen atoms in total. The molecule has 0 bridgehead atoms. The van der Waals surface area contributed by atoms with Gasteiger partial charge in [0, 0.05) is 7.05 Å². The van der Waals surface area contributed by atoms with Gasteiger partial charge >= 0.3 is 0 Å². The zero-order valence-electron chi connectivity index (χ0n) is 11.8. The van der Waals surface area contributed by atoms with Crippen LogP contribution in [-0.4, -0.2) is 23.6 Å². The van der Waals surface area contributed by atoms with Gasteiger partial charge < -0.3 is 10.1 Å². The van der Waals surface area contributed by atoms with E-state index in [9.17, 15) is 0 Å². The van der Waals surface area contributed by atoms with Crippen molar-refractivity contribution in [1.29, 1.82) is 0 Å². The Bertz CT molecular complexity index is 540. The van der Waals surface area contributed by atoms with E-state index in [2.05, 4.69) is 29.1 Å². The van der Waals surface area contributed by atoms with Crippen molar-refractivity contribution >= 4 is 16.9 Å². The Kier molecular flexibility index (Phi) is 4.55. The summed E-state index contributed by atoms with van der Waals surface area (Å²) in [5.74, 6) is 1.97. The summed E-state index contributed by atoms with van der Waals surface area (Å²) in [5.41, 5.74) is 0.903. The SMILES string of the molecule is CNc1nc(OCCCC(C)C)c2ccccc2n1. The van der Waals surface area contributed by atoms with Crippen molar-refractivity contribution in [1.82, 2.24) is 9.97 Å². The lowest BCUT2D eigenvalue weighted by Crippen LogP contribution is -2.04. The maximum atomic E-state index is 5.82. The maximum absolute atomic E-state index is 5.82. The van der Waals surface area contributed by atoms with Gasteiger partial charge in [-0.25, -0.2) is 4.98 Å². The third-order valence-electron chi connectivity index (χ3n) is 2.96. The van der Waals surface area contributed by atoms with Crippen molar-refractivity contribution in [3.05, 3.63) is 24.3 Å². The van der Waals surface area contributed by atoms with E-state index in [1.807, 2.05) is 31.3 Å². The zero-order chi connectivity index (χ0) is 13.7. The molecule has 0 unspecified atom stereocenters. The fraction of sp³-hybridized carbons (Fsp3) is 0.467. The first-order valence-electron chi connectivity index (χ1n) is 6.78. The number of nitrogens with one attached hydrogen (secondary N) is 1. The second-order valence-corrected chi connectivity index (χ2v) is 5.00. The molecule has 2 rings (SSSR count).